The Balaban J connectivity index is 2.98. The van der Waals surface area contributed by atoms with Gasteiger partial charge in [-0.15, -0.1) is 12.3 Å². The van der Waals surface area contributed by atoms with Gasteiger partial charge in [0.15, 0.2) is 0 Å². The smallest absolute Gasteiger partial charge is 0.106 e. The highest BCUT2D eigenvalue weighted by Crippen LogP contribution is 2.35. The number of nitrogens with zero attached hydrogens (tertiary/aromatic N) is 1. The Hall–Kier alpha value is -1.82. The lowest BCUT2D eigenvalue weighted by molar-refractivity contribution is 0.136. The van der Waals surface area contributed by atoms with Gasteiger partial charge in [0.2, 0.25) is 0 Å². The molecule has 0 aromatic carbocycles. The molecule has 1 heterocycles. The van der Waals surface area contributed by atoms with Crippen LogP contribution in [-0.2, 0) is 0 Å². The summed E-state index contributed by atoms with van der Waals surface area (Å²) in [5.74, 6) is 5.05. The van der Waals surface area contributed by atoms with E-state index in [0.717, 1.165) is 18.1 Å². The summed E-state index contributed by atoms with van der Waals surface area (Å²) in [6.45, 7) is 20.2. The molecule has 0 atom stereocenters. The Morgan fingerprint density at radius 3 is 1.94 bits per heavy atom. The first-order valence-corrected chi connectivity index (χ1v) is 5.98. The molecule has 18 heavy (non-hydrogen) atoms. The maximum absolute atomic E-state index is 5.58. The van der Waals surface area contributed by atoms with Crippen LogP contribution >= 0.6 is 0 Å². The van der Waals surface area contributed by atoms with Gasteiger partial charge in [0.05, 0.1) is 0 Å². The fourth-order valence-electron chi connectivity index (χ4n) is 2.60. The van der Waals surface area contributed by atoms with E-state index < -0.39 is 0 Å². The van der Waals surface area contributed by atoms with Gasteiger partial charge >= 0.3 is 0 Å². The van der Waals surface area contributed by atoms with E-state index in [1.165, 1.54) is 0 Å². The first-order chi connectivity index (χ1) is 8.09. The summed E-state index contributed by atoms with van der Waals surface area (Å²) in [6.07, 6.45) is 6.40. The van der Waals surface area contributed by atoms with E-state index in [1.807, 2.05) is 4.90 Å². The van der Waals surface area contributed by atoms with Gasteiger partial charge in [-0.2, -0.15) is 0 Å². The van der Waals surface area contributed by atoms with Crippen LogP contribution in [0.1, 0.15) is 34.1 Å². The fraction of sp³-hybridized carbons (Fsp3) is 0.467. The van der Waals surface area contributed by atoms with Gasteiger partial charge < -0.3 is 15.5 Å². The van der Waals surface area contributed by atoms with Crippen molar-refractivity contribution in [2.75, 3.05) is 0 Å². The highest BCUT2D eigenvalue weighted by molar-refractivity contribution is 5.22. The fourth-order valence-corrected chi connectivity index (χ4v) is 2.60. The molecule has 0 bridgehead atoms. The van der Waals surface area contributed by atoms with Crippen LogP contribution < -0.4 is 10.6 Å². The van der Waals surface area contributed by atoms with Crippen molar-refractivity contribution in [1.29, 1.82) is 0 Å². The molecular weight excluding hydrogens is 222 g/mol. The van der Waals surface area contributed by atoms with Crippen molar-refractivity contribution in [3.8, 4) is 12.3 Å². The second-order valence-corrected chi connectivity index (χ2v) is 5.97. The molecule has 3 nitrogen and oxygen atoms in total. The maximum Gasteiger partial charge on any atom is 0.106 e. The van der Waals surface area contributed by atoms with Crippen molar-refractivity contribution < 1.29 is 0 Å². The van der Waals surface area contributed by atoms with Crippen LogP contribution in [0.5, 0.6) is 0 Å². The van der Waals surface area contributed by atoms with Gasteiger partial charge in [-0.1, -0.05) is 19.7 Å². The third-order valence-electron chi connectivity index (χ3n) is 3.00. The lowest BCUT2D eigenvalue weighted by Crippen LogP contribution is -2.54. The third-order valence-corrected chi connectivity index (χ3v) is 3.00. The first-order valence-electron chi connectivity index (χ1n) is 5.98. The minimum absolute atomic E-state index is 0.182. The van der Waals surface area contributed by atoms with Crippen molar-refractivity contribution in [2.45, 2.75) is 39.7 Å². The van der Waals surface area contributed by atoms with Crippen LogP contribution in [0.4, 0.5) is 0 Å². The Morgan fingerprint density at radius 2 is 1.56 bits per heavy atom. The molecular formula is C15H23N3. The van der Waals surface area contributed by atoms with E-state index in [-0.39, 0.29) is 11.0 Å². The Morgan fingerprint density at radius 1 is 1.11 bits per heavy atom. The predicted octanol–water partition coefficient (Wildman–Crippen LogP) is 2.72. The van der Waals surface area contributed by atoms with Crippen molar-refractivity contribution in [2.24, 2.45) is 5.41 Å². The van der Waals surface area contributed by atoms with Crippen LogP contribution in [-0.4, -0.2) is 10.4 Å². The summed E-state index contributed by atoms with van der Waals surface area (Å²) in [5, 5.41) is 6.17. The zero-order valence-electron chi connectivity index (χ0n) is 11.9. The summed E-state index contributed by atoms with van der Waals surface area (Å²) in [4.78, 5) is 2.03. The number of nitrogens with one attached hydrogen (secondary N) is 2. The molecule has 0 unspecified atom stereocenters. The van der Waals surface area contributed by atoms with Crippen molar-refractivity contribution in [3.05, 3.63) is 37.2 Å². The van der Waals surface area contributed by atoms with Gasteiger partial charge in [0.1, 0.15) is 17.5 Å². The Kier molecular flexibility index (Phi) is 3.52. The van der Waals surface area contributed by atoms with E-state index >= 15 is 0 Å². The lowest BCUT2D eigenvalue weighted by Gasteiger charge is -2.47. The molecule has 0 aromatic rings. The van der Waals surface area contributed by atoms with Crippen LogP contribution in [0, 0.1) is 17.8 Å². The molecule has 1 fully saturated rings. The van der Waals surface area contributed by atoms with Crippen molar-refractivity contribution in [3.63, 3.8) is 0 Å². The summed E-state index contributed by atoms with van der Waals surface area (Å²) >= 11 is 0. The molecule has 98 valence electrons. The largest absolute Gasteiger partial charge is 0.329 e. The third kappa shape index (κ3) is 2.89. The predicted molar refractivity (Wildman–Crippen MR) is 76.8 cm³/mol. The molecule has 0 aliphatic carbocycles. The van der Waals surface area contributed by atoms with E-state index in [9.17, 15) is 0 Å². The summed E-state index contributed by atoms with van der Waals surface area (Å²) in [6, 6.07) is 0. The summed E-state index contributed by atoms with van der Waals surface area (Å²) in [5.41, 5.74) is -0.372. The minimum Gasteiger partial charge on any atom is -0.329 e. The standard InChI is InChI=1S/C15H23N3/c1-9-14(5,6)10-15(7,8)18-12(3)16-11(2)17-13(18)4/h1,16-17H,2-4,10H2,5-8H3. The zero-order chi connectivity index (χ0) is 14.1. The van der Waals surface area contributed by atoms with Crippen LogP contribution in [0.15, 0.2) is 37.2 Å². The molecule has 1 rings (SSSR count). The molecule has 1 aliphatic heterocycles. The average Bonchev–Trinajstić information content (AvgIpc) is 2.13. The zero-order valence-corrected chi connectivity index (χ0v) is 11.9. The summed E-state index contributed by atoms with van der Waals surface area (Å²) in [7, 11) is 0. The molecule has 0 amide bonds. The van der Waals surface area contributed by atoms with Gasteiger partial charge in [0, 0.05) is 11.0 Å². The van der Waals surface area contributed by atoms with Gasteiger partial charge in [-0.25, -0.2) is 0 Å². The van der Waals surface area contributed by atoms with E-state index in [2.05, 4.69) is 64.0 Å². The van der Waals surface area contributed by atoms with E-state index in [1.54, 1.807) is 0 Å². The highest BCUT2D eigenvalue weighted by Gasteiger charge is 2.36. The Bertz CT molecular complexity index is 415. The van der Waals surface area contributed by atoms with Crippen LogP contribution in [0.25, 0.3) is 0 Å². The molecule has 0 aromatic heterocycles. The normalized spacial score (nSPS) is 17.1. The highest BCUT2D eigenvalue weighted by atomic mass is 15.4. The molecule has 1 aliphatic rings. The monoisotopic (exact) mass is 245 g/mol. The van der Waals surface area contributed by atoms with E-state index in [0.29, 0.717) is 5.82 Å². The minimum atomic E-state index is -0.190. The number of hydrogen-bond acceptors (Lipinski definition) is 3. The molecule has 1 saturated heterocycles. The quantitative estimate of drug-likeness (QED) is 0.749. The molecule has 2 N–H and O–H groups in total. The van der Waals surface area contributed by atoms with Gasteiger partial charge in [-0.05, 0) is 34.1 Å². The number of terminal acetylenes is 1. The molecule has 0 saturated carbocycles. The summed E-state index contributed by atoms with van der Waals surface area (Å²) < 4.78 is 0. The van der Waals surface area contributed by atoms with Gasteiger partial charge in [-0.3, -0.25) is 0 Å². The average molecular weight is 245 g/mol. The number of hydrogen-bond donors (Lipinski definition) is 2. The molecule has 0 radical (unpaired) electrons. The van der Waals surface area contributed by atoms with Crippen LogP contribution in [0.3, 0.4) is 0 Å². The van der Waals surface area contributed by atoms with Crippen LogP contribution in [0.2, 0.25) is 0 Å². The molecule has 0 spiro atoms. The second kappa shape index (κ2) is 4.45. The van der Waals surface area contributed by atoms with E-state index in [4.69, 9.17) is 6.42 Å². The molecule has 3 heteroatoms. The maximum atomic E-state index is 5.58. The van der Waals surface area contributed by atoms with Crippen molar-refractivity contribution >= 4 is 0 Å². The lowest BCUT2D eigenvalue weighted by atomic mass is 9.80. The van der Waals surface area contributed by atoms with Gasteiger partial charge in [0.25, 0.3) is 0 Å². The van der Waals surface area contributed by atoms with Crippen molar-refractivity contribution in [1.82, 2.24) is 15.5 Å². The number of rotatable bonds is 3. The second-order valence-electron chi connectivity index (χ2n) is 5.97. The first kappa shape index (κ1) is 14.2. The SMILES string of the molecule is C#CC(C)(C)CC(C)(C)N1C(=C)NC(=C)NC1=C. The topological polar surface area (TPSA) is 27.3 Å². The Labute approximate surface area is 111 Å².